The Morgan fingerprint density at radius 2 is 1.56 bits per heavy atom. The van der Waals surface area contributed by atoms with Crippen molar-refractivity contribution >= 4 is 46.7 Å². The number of aliphatic hydroxyl groups is 1. The van der Waals surface area contributed by atoms with E-state index in [1.165, 1.54) is 4.90 Å². The summed E-state index contributed by atoms with van der Waals surface area (Å²) in [6.45, 7) is 3.02. The van der Waals surface area contributed by atoms with E-state index in [0.717, 1.165) is 38.9 Å². The number of nitrogens with zero attached hydrogens (tertiary/aromatic N) is 2. The van der Waals surface area contributed by atoms with Crippen molar-refractivity contribution in [3.63, 3.8) is 0 Å². The number of oxazole rings is 1. The maximum atomic E-state index is 14.3. The van der Waals surface area contributed by atoms with Crippen LogP contribution in [0.15, 0.2) is 108 Å². The van der Waals surface area contributed by atoms with E-state index in [0.29, 0.717) is 51.1 Å². The van der Waals surface area contributed by atoms with Crippen LogP contribution in [-0.2, 0) is 35.6 Å². The molecule has 0 unspecified atom stereocenters. The van der Waals surface area contributed by atoms with Gasteiger partial charge in [-0.2, -0.15) is 0 Å². The molecule has 0 saturated heterocycles. The van der Waals surface area contributed by atoms with Crippen LogP contribution in [-0.4, -0.2) is 63.8 Å². The van der Waals surface area contributed by atoms with Gasteiger partial charge in [0.1, 0.15) is 37.4 Å². The van der Waals surface area contributed by atoms with Crippen LogP contribution in [0.2, 0.25) is 10.0 Å². The van der Waals surface area contributed by atoms with Gasteiger partial charge in [0.05, 0.1) is 16.1 Å². The maximum Gasteiger partial charge on any atom is 0.277 e. The molecule has 3 atom stereocenters. The molecule has 0 bridgehead atoms. The number of hydrogen-bond donors (Lipinski definition) is 3. The van der Waals surface area contributed by atoms with E-state index in [1.807, 2.05) is 66.7 Å². The van der Waals surface area contributed by atoms with Crippen LogP contribution in [0, 0.1) is 13.8 Å². The average Bonchev–Trinajstić information content (AvgIpc) is 3.64. The summed E-state index contributed by atoms with van der Waals surface area (Å²) in [6.07, 6.45) is -0.262. The van der Waals surface area contributed by atoms with Crippen LogP contribution in [0.25, 0.3) is 11.1 Å². The van der Waals surface area contributed by atoms with Crippen molar-refractivity contribution in [1.29, 1.82) is 0 Å². The van der Waals surface area contributed by atoms with Gasteiger partial charge < -0.3 is 39.7 Å². The quantitative estimate of drug-likeness (QED) is 0.106. The Balaban J connectivity index is 0.992. The first-order valence-electron chi connectivity index (χ1n) is 20.1. The molecule has 13 nitrogen and oxygen atoms in total. The monoisotopic (exact) mass is 888 g/mol. The lowest BCUT2D eigenvalue weighted by atomic mass is 9.91. The van der Waals surface area contributed by atoms with E-state index in [1.54, 1.807) is 50.2 Å². The van der Waals surface area contributed by atoms with Crippen LogP contribution in [0.1, 0.15) is 66.4 Å². The molecule has 3 heterocycles. The fourth-order valence-corrected chi connectivity index (χ4v) is 8.04. The molecule has 3 amide bonds. The van der Waals surface area contributed by atoms with Gasteiger partial charge in [0.25, 0.3) is 5.91 Å². The minimum absolute atomic E-state index is 0.0181. The first-order chi connectivity index (χ1) is 30.3. The molecule has 0 spiro atoms. The fourth-order valence-electron chi connectivity index (χ4n) is 7.72. The Labute approximate surface area is 372 Å². The summed E-state index contributed by atoms with van der Waals surface area (Å²) in [6, 6.07) is 28.6. The molecule has 5 aromatic carbocycles. The van der Waals surface area contributed by atoms with Crippen molar-refractivity contribution in [3.8, 4) is 28.4 Å². The minimum Gasteiger partial charge on any atom is -0.489 e. The van der Waals surface area contributed by atoms with Crippen LogP contribution in [0.3, 0.4) is 0 Å². The van der Waals surface area contributed by atoms with Crippen LogP contribution in [0.5, 0.6) is 17.2 Å². The van der Waals surface area contributed by atoms with Gasteiger partial charge in [-0.15, -0.1) is 0 Å². The van der Waals surface area contributed by atoms with Gasteiger partial charge in [-0.1, -0.05) is 77.8 Å². The second kappa shape index (κ2) is 18.4. The van der Waals surface area contributed by atoms with Gasteiger partial charge in [0.15, 0.2) is 35.0 Å². The highest BCUT2D eigenvalue weighted by Gasteiger charge is 2.39. The third-order valence-electron chi connectivity index (χ3n) is 11.1. The Hall–Kier alpha value is -6.67. The molecule has 4 N–H and O–H groups in total. The summed E-state index contributed by atoms with van der Waals surface area (Å²) in [7, 11) is 0. The summed E-state index contributed by atoms with van der Waals surface area (Å²) in [4.78, 5) is 59.0. The molecule has 2 aliphatic heterocycles. The number of nitrogens with two attached hydrogens (primary N) is 1. The number of hydrogen-bond acceptors (Lipinski definition) is 10. The number of halogens is 2. The number of Topliss-reactive ketones (excluding diaryl/α,β-unsaturated/α-hetero) is 1. The lowest BCUT2D eigenvalue weighted by molar-refractivity contribution is -0.132. The van der Waals surface area contributed by atoms with E-state index in [4.69, 9.17) is 47.6 Å². The SMILES string of the molecule is Cc1nc(C(=O)N2Cc3cc4c(cc3C[C@H]2C(=O)N[C@@H](Cc2ccc(-c3ccc(C(N)=O)cc3)cc2)C(=O)CO)OC[C@H](c2ccc(OCc3ccc(Cl)c(Cl)c3)cc2)O4)c(C)o1. The summed E-state index contributed by atoms with van der Waals surface area (Å²) in [5, 5.41) is 13.7. The van der Waals surface area contributed by atoms with Crippen molar-refractivity contribution in [1.82, 2.24) is 15.2 Å². The van der Waals surface area contributed by atoms with Gasteiger partial charge in [-0.3, -0.25) is 19.2 Å². The molecule has 0 saturated carbocycles. The molecular weight excluding hydrogens is 847 g/mol. The zero-order chi connectivity index (χ0) is 44.4. The van der Waals surface area contributed by atoms with Crippen LogP contribution in [0.4, 0.5) is 0 Å². The number of ether oxygens (including phenoxy) is 3. The molecule has 0 fully saturated rings. The summed E-state index contributed by atoms with van der Waals surface area (Å²) in [5.41, 5.74) is 11.5. The second-order valence-corrected chi connectivity index (χ2v) is 16.2. The Morgan fingerprint density at radius 1 is 0.873 bits per heavy atom. The van der Waals surface area contributed by atoms with Gasteiger partial charge >= 0.3 is 0 Å². The number of primary amides is 1. The van der Waals surface area contributed by atoms with Crippen molar-refractivity contribution < 1.29 is 42.9 Å². The first-order valence-corrected chi connectivity index (χ1v) is 20.9. The van der Waals surface area contributed by atoms with Crippen LogP contribution >= 0.6 is 23.2 Å². The smallest absolute Gasteiger partial charge is 0.277 e. The lowest BCUT2D eigenvalue weighted by Gasteiger charge is -2.37. The summed E-state index contributed by atoms with van der Waals surface area (Å²) < 4.78 is 24.2. The van der Waals surface area contributed by atoms with E-state index in [2.05, 4.69) is 10.3 Å². The highest BCUT2D eigenvalue weighted by atomic mass is 35.5. The number of aliphatic hydroxyl groups excluding tert-OH is 1. The highest BCUT2D eigenvalue weighted by molar-refractivity contribution is 6.42. The summed E-state index contributed by atoms with van der Waals surface area (Å²) in [5.74, 6) is 0.0270. The number of nitrogens with one attached hydrogen (secondary N) is 1. The molecule has 15 heteroatoms. The zero-order valence-corrected chi connectivity index (χ0v) is 35.7. The van der Waals surface area contributed by atoms with E-state index >= 15 is 0 Å². The number of aromatic nitrogens is 1. The Morgan fingerprint density at radius 3 is 2.21 bits per heavy atom. The average molecular weight is 890 g/mol. The Kier molecular flexibility index (Phi) is 12.5. The van der Waals surface area contributed by atoms with Crippen molar-refractivity contribution in [3.05, 3.63) is 164 Å². The highest BCUT2D eigenvalue weighted by Crippen LogP contribution is 2.41. The van der Waals surface area contributed by atoms with E-state index in [9.17, 15) is 24.3 Å². The minimum atomic E-state index is -1.10. The Bertz CT molecular complexity index is 2700. The van der Waals surface area contributed by atoms with Crippen molar-refractivity contribution in [2.24, 2.45) is 5.73 Å². The van der Waals surface area contributed by atoms with Gasteiger partial charge in [-0.05, 0) is 101 Å². The number of benzene rings is 5. The number of carbonyl (C=O) groups excluding carboxylic acids is 4. The van der Waals surface area contributed by atoms with Gasteiger partial charge in [0, 0.05) is 25.5 Å². The van der Waals surface area contributed by atoms with Gasteiger partial charge in [-0.25, -0.2) is 4.98 Å². The maximum absolute atomic E-state index is 14.3. The topological polar surface area (TPSA) is 184 Å². The van der Waals surface area contributed by atoms with Crippen molar-refractivity contribution in [2.75, 3.05) is 13.2 Å². The molecule has 6 aromatic rings. The van der Waals surface area contributed by atoms with Gasteiger partial charge in [0.2, 0.25) is 11.8 Å². The molecule has 2 aliphatic rings. The first kappa shape index (κ1) is 43.0. The van der Waals surface area contributed by atoms with Crippen molar-refractivity contribution in [2.45, 2.75) is 58.0 Å². The molecule has 0 radical (unpaired) electrons. The summed E-state index contributed by atoms with van der Waals surface area (Å²) >= 11 is 12.2. The normalized spacial score (nSPS) is 15.9. The number of aryl methyl sites for hydroxylation is 2. The third-order valence-corrected chi connectivity index (χ3v) is 11.9. The standard InChI is InChI=1S/C48H42Cl2N4O9/c1-26-45(52-27(2)62-26)48(59)54-22-35-21-43-42(61-25-44(63-43)32-12-14-36(15-13-32)60-24-29-5-16-37(49)38(50)17-29)20-34(35)19-40(54)47(58)53-39(41(56)23-55)18-28-3-6-30(7-4-28)31-8-10-33(11-9-31)46(51)57/h3-17,20-21,39-40,44,55H,18-19,22-25H2,1-2H3,(H2,51,57)(H,53,58)/t39-,40-,44+/m0/s1. The molecule has 0 aliphatic carbocycles. The van der Waals surface area contributed by atoms with E-state index in [-0.39, 0.29) is 31.7 Å². The van der Waals surface area contributed by atoms with E-state index < -0.39 is 48.3 Å². The third kappa shape index (κ3) is 9.56. The molecule has 322 valence electrons. The number of fused-ring (bicyclic) bond motifs is 2. The molecular formula is C48H42Cl2N4O9. The molecule has 8 rings (SSSR count). The zero-order valence-electron chi connectivity index (χ0n) is 34.2. The predicted molar refractivity (Wildman–Crippen MR) is 234 cm³/mol. The number of ketones is 1. The number of carbonyl (C=O) groups is 4. The second-order valence-electron chi connectivity index (χ2n) is 15.4. The largest absolute Gasteiger partial charge is 0.489 e. The predicted octanol–water partition coefficient (Wildman–Crippen LogP) is 7.31. The lowest BCUT2D eigenvalue weighted by Crippen LogP contribution is -2.56. The molecule has 63 heavy (non-hydrogen) atoms. The molecule has 1 aromatic heterocycles. The number of rotatable bonds is 13. The van der Waals surface area contributed by atoms with Crippen LogP contribution < -0.4 is 25.3 Å². The fraction of sp³-hybridized carbons (Fsp3) is 0.229. The number of amides is 3.